The molecule has 27 heavy (non-hydrogen) atoms. The van der Waals surface area contributed by atoms with Crippen LogP contribution in [0.15, 0.2) is 48.5 Å². The van der Waals surface area contributed by atoms with Crippen molar-refractivity contribution in [3.05, 3.63) is 88.0 Å². The van der Waals surface area contributed by atoms with Crippen LogP contribution in [0.4, 0.5) is 8.78 Å². The highest BCUT2D eigenvalue weighted by Gasteiger charge is 2.15. The molecule has 0 aliphatic carbocycles. The van der Waals surface area contributed by atoms with Crippen LogP contribution in [0.2, 0.25) is 0 Å². The third-order valence-electron chi connectivity index (χ3n) is 4.60. The van der Waals surface area contributed by atoms with Crippen LogP contribution >= 0.6 is 0 Å². The predicted octanol–water partition coefficient (Wildman–Crippen LogP) is 6.08. The van der Waals surface area contributed by atoms with E-state index in [1.807, 2.05) is 32.0 Å². The molecule has 0 saturated heterocycles. The second-order valence-corrected chi connectivity index (χ2v) is 6.75. The number of ether oxygens (including phenoxy) is 1. The highest BCUT2D eigenvalue weighted by molar-refractivity contribution is 5.93. The van der Waals surface area contributed by atoms with E-state index < -0.39 is 17.6 Å². The van der Waals surface area contributed by atoms with Crippen molar-refractivity contribution in [1.29, 1.82) is 0 Å². The molecule has 3 aromatic rings. The summed E-state index contributed by atoms with van der Waals surface area (Å²) in [4.78, 5) is 12.4. The SMILES string of the molecule is Cc1ccc(-c2ccc(C(=O)Oc3cc(F)c(C)c(F)c3)c(C)c2)c(C)c1. The lowest BCUT2D eigenvalue weighted by atomic mass is 9.96. The van der Waals surface area contributed by atoms with Gasteiger partial charge in [0.05, 0.1) is 5.56 Å². The molecule has 138 valence electrons. The van der Waals surface area contributed by atoms with Gasteiger partial charge in [0.25, 0.3) is 0 Å². The van der Waals surface area contributed by atoms with Gasteiger partial charge in [-0.2, -0.15) is 0 Å². The molecular formula is C23H20F2O2. The summed E-state index contributed by atoms with van der Waals surface area (Å²) >= 11 is 0. The maximum atomic E-state index is 13.6. The Kier molecular flexibility index (Phi) is 5.08. The summed E-state index contributed by atoms with van der Waals surface area (Å²) in [7, 11) is 0. The Hall–Kier alpha value is -3.01. The fourth-order valence-electron chi connectivity index (χ4n) is 3.04. The average Bonchev–Trinajstić information content (AvgIpc) is 2.59. The van der Waals surface area contributed by atoms with Crippen molar-refractivity contribution < 1.29 is 18.3 Å². The van der Waals surface area contributed by atoms with E-state index in [2.05, 4.69) is 12.1 Å². The van der Waals surface area contributed by atoms with E-state index in [0.717, 1.165) is 34.4 Å². The molecule has 0 amide bonds. The second kappa shape index (κ2) is 7.31. The first-order chi connectivity index (χ1) is 12.8. The number of esters is 1. The van der Waals surface area contributed by atoms with Gasteiger partial charge in [0.2, 0.25) is 0 Å². The molecule has 2 nitrogen and oxygen atoms in total. The van der Waals surface area contributed by atoms with Crippen LogP contribution in [-0.2, 0) is 0 Å². The number of rotatable bonds is 3. The zero-order valence-corrected chi connectivity index (χ0v) is 15.7. The van der Waals surface area contributed by atoms with Gasteiger partial charge < -0.3 is 4.74 Å². The van der Waals surface area contributed by atoms with Gasteiger partial charge in [-0.3, -0.25) is 0 Å². The molecule has 0 aromatic heterocycles. The first-order valence-corrected chi connectivity index (χ1v) is 8.62. The third-order valence-corrected chi connectivity index (χ3v) is 4.60. The molecule has 4 heteroatoms. The Labute approximate surface area is 157 Å². The second-order valence-electron chi connectivity index (χ2n) is 6.75. The number of halogens is 2. The minimum Gasteiger partial charge on any atom is -0.423 e. The lowest BCUT2D eigenvalue weighted by Crippen LogP contribution is -2.11. The van der Waals surface area contributed by atoms with Crippen LogP contribution in [0.3, 0.4) is 0 Å². The van der Waals surface area contributed by atoms with E-state index in [-0.39, 0.29) is 11.3 Å². The summed E-state index contributed by atoms with van der Waals surface area (Å²) in [6, 6.07) is 13.6. The predicted molar refractivity (Wildman–Crippen MR) is 102 cm³/mol. The van der Waals surface area contributed by atoms with Gasteiger partial charge in [-0.15, -0.1) is 0 Å². The molecule has 0 N–H and O–H groups in total. The summed E-state index contributed by atoms with van der Waals surface area (Å²) in [6.45, 7) is 7.21. The van der Waals surface area contributed by atoms with Gasteiger partial charge in [0.15, 0.2) is 0 Å². The summed E-state index contributed by atoms with van der Waals surface area (Å²) in [6.07, 6.45) is 0. The average molecular weight is 366 g/mol. The Balaban J connectivity index is 1.88. The molecule has 0 spiro atoms. The van der Waals surface area contributed by atoms with Crippen LogP contribution < -0.4 is 4.74 Å². The maximum Gasteiger partial charge on any atom is 0.343 e. The monoisotopic (exact) mass is 366 g/mol. The Morgan fingerprint density at radius 1 is 0.815 bits per heavy atom. The van der Waals surface area contributed by atoms with E-state index in [4.69, 9.17) is 4.74 Å². The molecule has 0 heterocycles. The van der Waals surface area contributed by atoms with Gasteiger partial charge in [-0.1, -0.05) is 35.9 Å². The molecule has 0 radical (unpaired) electrons. The molecule has 0 fully saturated rings. The van der Waals surface area contributed by atoms with E-state index in [0.29, 0.717) is 5.56 Å². The molecule has 0 aliphatic heterocycles. The smallest absolute Gasteiger partial charge is 0.343 e. The van der Waals surface area contributed by atoms with E-state index in [1.165, 1.54) is 12.5 Å². The first kappa shape index (κ1) is 18.8. The number of hydrogen-bond donors (Lipinski definition) is 0. The standard InChI is InChI=1S/C23H20F2O2/c1-13-5-7-19(14(2)9-13)17-6-8-20(15(3)10-17)23(26)27-18-11-21(24)16(4)22(25)12-18/h5-12H,1-4H3. The van der Waals surface area contributed by atoms with Crippen molar-refractivity contribution in [3.8, 4) is 16.9 Å². The highest BCUT2D eigenvalue weighted by atomic mass is 19.1. The fourth-order valence-corrected chi connectivity index (χ4v) is 3.04. The quantitative estimate of drug-likeness (QED) is 0.414. The minimum absolute atomic E-state index is 0.108. The number of aryl methyl sites for hydroxylation is 3. The molecular weight excluding hydrogens is 346 g/mol. The van der Waals surface area contributed by atoms with Gasteiger partial charge in [0.1, 0.15) is 17.4 Å². The minimum atomic E-state index is -0.750. The highest BCUT2D eigenvalue weighted by Crippen LogP contribution is 2.27. The first-order valence-electron chi connectivity index (χ1n) is 8.62. The van der Waals surface area contributed by atoms with Crippen molar-refractivity contribution in [2.45, 2.75) is 27.7 Å². The molecule has 0 saturated carbocycles. The van der Waals surface area contributed by atoms with Crippen molar-refractivity contribution >= 4 is 5.97 Å². The molecule has 0 aliphatic rings. The molecule has 0 unspecified atom stereocenters. The molecule has 0 atom stereocenters. The van der Waals surface area contributed by atoms with Crippen molar-refractivity contribution in [2.24, 2.45) is 0 Å². The fraction of sp³-hybridized carbons (Fsp3) is 0.174. The number of carbonyl (C=O) groups excluding carboxylic acids is 1. The third kappa shape index (κ3) is 3.90. The van der Waals surface area contributed by atoms with Gasteiger partial charge in [-0.05, 0) is 56.0 Å². The van der Waals surface area contributed by atoms with E-state index in [1.54, 1.807) is 13.0 Å². The molecule has 3 aromatic carbocycles. The lowest BCUT2D eigenvalue weighted by molar-refractivity contribution is 0.0733. The van der Waals surface area contributed by atoms with Crippen molar-refractivity contribution in [1.82, 2.24) is 0 Å². The molecule has 0 bridgehead atoms. The van der Waals surface area contributed by atoms with Crippen LogP contribution in [0.25, 0.3) is 11.1 Å². The summed E-state index contributed by atoms with van der Waals surface area (Å²) < 4.78 is 32.5. The summed E-state index contributed by atoms with van der Waals surface area (Å²) in [5.41, 5.74) is 5.39. The van der Waals surface area contributed by atoms with Crippen LogP contribution in [-0.4, -0.2) is 5.97 Å². The van der Waals surface area contributed by atoms with Gasteiger partial charge in [-0.25, -0.2) is 13.6 Å². The Bertz CT molecular complexity index is 1020. The lowest BCUT2D eigenvalue weighted by Gasteiger charge is -2.11. The van der Waals surface area contributed by atoms with Gasteiger partial charge >= 0.3 is 5.97 Å². The Morgan fingerprint density at radius 2 is 1.48 bits per heavy atom. The van der Waals surface area contributed by atoms with Crippen LogP contribution in [0.5, 0.6) is 5.75 Å². The normalized spacial score (nSPS) is 10.7. The van der Waals surface area contributed by atoms with Crippen LogP contribution in [0.1, 0.15) is 32.6 Å². The number of carbonyl (C=O) groups is 1. The van der Waals surface area contributed by atoms with E-state index >= 15 is 0 Å². The maximum absolute atomic E-state index is 13.6. The topological polar surface area (TPSA) is 26.3 Å². The zero-order chi connectivity index (χ0) is 19.7. The van der Waals surface area contributed by atoms with Crippen molar-refractivity contribution in [3.63, 3.8) is 0 Å². The van der Waals surface area contributed by atoms with Gasteiger partial charge in [0, 0.05) is 17.7 Å². The van der Waals surface area contributed by atoms with Crippen molar-refractivity contribution in [2.75, 3.05) is 0 Å². The number of benzene rings is 3. The zero-order valence-electron chi connectivity index (χ0n) is 15.7. The van der Waals surface area contributed by atoms with Crippen LogP contribution in [0, 0.1) is 39.3 Å². The number of hydrogen-bond acceptors (Lipinski definition) is 2. The summed E-state index contributed by atoms with van der Waals surface area (Å²) in [5.74, 6) is -2.31. The Morgan fingerprint density at radius 3 is 2.07 bits per heavy atom. The summed E-state index contributed by atoms with van der Waals surface area (Å²) in [5, 5.41) is 0. The largest absolute Gasteiger partial charge is 0.423 e. The van der Waals surface area contributed by atoms with E-state index in [9.17, 15) is 13.6 Å². The molecule has 3 rings (SSSR count).